The zero-order chi connectivity index (χ0) is 10.5. The third-order valence-electron chi connectivity index (χ3n) is 1.46. The molecule has 0 heterocycles. The average molecular weight is 207 g/mol. The summed E-state index contributed by atoms with van der Waals surface area (Å²) >= 11 is 0. The summed E-state index contributed by atoms with van der Waals surface area (Å²) in [6.45, 7) is 4.97. The van der Waals surface area contributed by atoms with Crippen LogP contribution < -0.4 is 5.32 Å². The largest absolute Gasteiger partial charge is 0.347 e. The third-order valence-corrected chi connectivity index (χ3v) is 2.66. The van der Waals surface area contributed by atoms with Crippen LogP contribution in [0.5, 0.6) is 0 Å². The van der Waals surface area contributed by atoms with Crippen LogP contribution in [0.2, 0.25) is 0 Å². The Bertz CT molecular complexity index is 235. The number of hydrogen-bond donors (Lipinski definition) is 3. The Labute approximate surface area is 77.0 Å². The molecule has 0 spiro atoms. The molecule has 0 aromatic heterocycles. The number of carbonyl (C=O) groups excluding carboxylic acids is 1. The van der Waals surface area contributed by atoms with Gasteiger partial charge in [-0.05, 0) is 12.5 Å². The molecule has 0 aliphatic carbocycles. The van der Waals surface area contributed by atoms with Gasteiger partial charge >= 0.3 is 7.60 Å². The molecule has 76 valence electrons. The van der Waals surface area contributed by atoms with Gasteiger partial charge in [0, 0.05) is 0 Å². The Morgan fingerprint density at radius 2 is 2.23 bits per heavy atom. The first-order chi connectivity index (χ1) is 5.91. The van der Waals surface area contributed by atoms with Crippen LogP contribution in [0.1, 0.15) is 19.8 Å². The molecule has 0 rings (SSSR count). The molecule has 13 heavy (non-hydrogen) atoms. The summed E-state index contributed by atoms with van der Waals surface area (Å²) in [6, 6.07) is 0. The van der Waals surface area contributed by atoms with Gasteiger partial charge in [0.2, 0.25) is 5.91 Å². The minimum atomic E-state index is -4.24. The summed E-state index contributed by atoms with van der Waals surface area (Å²) in [5.41, 5.74) is 0. The Balaban J connectivity index is 4.35. The predicted octanol–water partition coefficient (Wildman–Crippen LogP) is 0.592. The molecule has 0 aromatic rings. The van der Waals surface area contributed by atoms with Crippen molar-refractivity contribution in [2.24, 2.45) is 0 Å². The van der Waals surface area contributed by atoms with E-state index >= 15 is 0 Å². The van der Waals surface area contributed by atoms with Crippen LogP contribution in [-0.4, -0.2) is 21.5 Å². The van der Waals surface area contributed by atoms with Gasteiger partial charge in [0.1, 0.15) is 5.78 Å². The monoisotopic (exact) mass is 207 g/mol. The van der Waals surface area contributed by atoms with Crippen LogP contribution in [0, 0.1) is 0 Å². The van der Waals surface area contributed by atoms with Gasteiger partial charge in [0.15, 0.2) is 0 Å². The topological polar surface area (TPSA) is 86.6 Å². The lowest BCUT2D eigenvalue weighted by Gasteiger charge is -2.17. The van der Waals surface area contributed by atoms with E-state index in [4.69, 9.17) is 9.79 Å². The fourth-order valence-corrected chi connectivity index (χ4v) is 1.71. The van der Waals surface area contributed by atoms with Crippen molar-refractivity contribution in [3.05, 3.63) is 12.7 Å². The van der Waals surface area contributed by atoms with Crippen molar-refractivity contribution in [3.8, 4) is 0 Å². The van der Waals surface area contributed by atoms with Crippen molar-refractivity contribution >= 4 is 13.5 Å². The van der Waals surface area contributed by atoms with Crippen LogP contribution in [0.15, 0.2) is 12.7 Å². The second-order valence-corrected chi connectivity index (χ2v) is 4.41. The molecule has 1 unspecified atom stereocenters. The lowest BCUT2D eigenvalue weighted by atomic mass is 10.3. The number of carbonyl (C=O) groups is 1. The highest BCUT2D eigenvalue weighted by molar-refractivity contribution is 7.52. The maximum atomic E-state index is 10.8. The van der Waals surface area contributed by atoms with Gasteiger partial charge in [-0.3, -0.25) is 9.36 Å². The van der Waals surface area contributed by atoms with Gasteiger partial charge in [-0.25, -0.2) is 0 Å². The minimum Gasteiger partial charge on any atom is -0.338 e. The van der Waals surface area contributed by atoms with Crippen LogP contribution in [-0.2, 0) is 9.36 Å². The Morgan fingerprint density at radius 1 is 1.69 bits per heavy atom. The van der Waals surface area contributed by atoms with Crippen molar-refractivity contribution in [1.29, 1.82) is 0 Å². The van der Waals surface area contributed by atoms with E-state index in [1.807, 2.05) is 0 Å². The first-order valence-electron chi connectivity index (χ1n) is 3.90. The molecule has 0 saturated heterocycles. The van der Waals surface area contributed by atoms with Crippen molar-refractivity contribution in [3.63, 3.8) is 0 Å². The van der Waals surface area contributed by atoms with Gasteiger partial charge < -0.3 is 15.1 Å². The number of rotatable bonds is 5. The van der Waals surface area contributed by atoms with Gasteiger partial charge in [0.25, 0.3) is 0 Å². The molecule has 1 amide bonds. The van der Waals surface area contributed by atoms with E-state index in [1.165, 1.54) is 0 Å². The predicted molar refractivity (Wildman–Crippen MR) is 49.1 cm³/mol. The maximum absolute atomic E-state index is 10.8. The molecule has 6 heteroatoms. The van der Waals surface area contributed by atoms with Crippen LogP contribution in [0.3, 0.4) is 0 Å². The molecule has 0 aliphatic heterocycles. The highest BCUT2D eigenvalue weighted by Gasteiger charge is 2.28. The lowest BCUT2D eigenvalue weighted by molar-refractivity contribution is -0.116. The number of hydrogen-bond acceptors (Lipinski definition) is 2. The fourth-order valence-electron chi connectivity index (χ4n) is 0.821. The van der Waals surface area contributed by atoms with E-state index in [0.717, 1.165) is 6.08 Å². The van der Waals surface area contributed by atoms with Crippen LogP contribution in [0.4, 0.5) is 0 Å². The molecule has 0 aromatic carbocycles. The quantitative estimate of drug-likeness (QED) is 0.455. The molecule has 5 nitrogen and oxygen atoms in total. The van der Waals surface area contributed by atoms with E-state index < -0.39 is 19.3 Å². The Morgan fingerprint density at radius 3 is 2.54 bits per heavy atom. The van der Waals surface area contributed by atoms with Crippen molar-refractivity contribution in [1.82, 2.24) is 5.32 Å². The second kappa shape index (κ2) is 5.17. The summed E-state index contributed by atoms with van der Waals surface area (Å²) in [5, 5.41) is 2.19. The van der Waals surface area contributed by atoms with Crippen LogP contribution >= 0.6 is 7.60 Å². The molecule has 3 N–H and O–H groups in total. The van der Waals surface area contributed by atoms with Crippen LogP contribution in [0.25, 0.3) is 0 Å². The Kier molecular flexibility index (Phi) is 4.91. The number of amides is 1. The normalized spacial score (nSPS) is 13.5. The Hall–Kier alpha value is -0.640. The highest BCUT2D eigenvalue weighted by Crippen LogP contribution is 2.41. The molecule has 0 radical (unpaired) electrons. The molecule has 0 fully saturated rings. The van der Waals surface area contributed by atoms with Crippen molar-refractivity contribution in [2.45, 2.75) is 25.5 Å². The smallest absolute Gasteiger partial charge is 0.338 e. The van der Waals surface area contributed by atoms with Crippen molar-refractivity contribution < 1.29 is 19.1 Å². The zero-order valence-corrected chi connectivity index (χ0v) is 8.33. The summed E-state index contributed by atoms with van der Waals surface area (Å²) < 4.78 is 10.8. The first kappa shape index (κ1) is 12.4. The first-order valence-corrected chi connectivity index (χ1v) is 5.58. The van der Waals surface area contributed by atoms with Gasteiger partial charge in [0.05, 0.1) is 0 Å². The summed E-state index contributed by atoms with van der Waals surface area (Å²) in [5.74, 6) is -1.66. The van der Waals surface area contributed by atoms with Crippen molar-refractivity contribution in [2.75, 3.05) is 0 Å². The van der Waals surface area contributed by atoms with E-state index in [2.05, 4.69) is 11.9 Å². The maximum Gasteiger partial charge on any atom is 0.347 e. The van der Waals surface area contributed by atoms with E-state index in [1.54, 1.807) is 6.92 Å². The number of nitrogens with one attached hydrogen (secondary N) is 1. The standard InChI is InChI=1S/C7H14NO4P/c1-3-5-7(13(10,11)12)8-6(9)4-2/h4,7H,2-3,5H2,1H3,(H,8,9)(H2,10,11,12). The molecule has 0 saturated carbocycles. The average Bonchev–Trinajstić information content (AvgIpc) is 2.01. The van der Waals surface area contributed by atoms with Gasteiger partial charge in [-0.1, -0.05) is 19.9 Å². The van der Waals surface area contributed by atoms with E-state index in [9.17, 15) is 9.36 Å². The zero-order valence-electron chi connectivity index (χ0n) is 7.43. The van der Waals surface area contributed by atoms with E-state index in [0.29, 0.717) is 6.42 Å². The molecular formula is C7H14NO4P. The lowest BCUT2D eigenvalue weighted by Crippen LogP contribution is -2.33. The highest BCUT2D eigenvalue weighted by atomic mass is 31.2. The fraction of sp³-hybridized carbons (Fsp3) is 0.571. The SMILES string of the molecule is C=CC(=O)NC(CCC)P(=O)(O)O. The summed E-state index contributed by atoms with van der Waals surface area (Å²) in [7, 11) is -4.24. The molecule has 1 atom stereocenters. The third kappa shape index (κ3) is 4.83. The molecule has 0 aliphatic rings. The molecular weight excluding hydrogens is 193 g/mol. The summed E-state index contributed by atoms with van der Waals surface area (Å²) in [4.78, 5) is 28.4. The van der Waals surface area contributed by atoms with Gasteiger partial charge in [-0.2, -0.15) is 0 Å². The second-order valence-electron chi connectivity index (χ2n) is 2.61. The van der Waals surface area contributed by atoms with E-state index in [-0.39, 0.29) is 6.42 Å². The minimum absolute atomic E-state index is 0.254. The van der Waals surface area contributed by atoms with Gasteiger partial charge in [-0.15, -0.1) is 0 Å². The molecule has 0 bridgehead atoms. The summed E-state index contributed by atoms with van der Waals surface area (Å²) in [6.07, 6.45) is 1.83.